The normalized spacial score (nSPS) is 12.6. The molecular weight excluding hydrogens is 472 g/mol. The lowest BCUT2D eigenvalue weighted by Gasteiger charge is -2.18. The van der Waals surface area contributed by atoms with E-state index in [0.717, 1.165) is 5.39 Å². The lowest BCUT2D eigenvalue weighted by atomic mass is 10.00. The molecule has 4 aromatic carbocycles. The first-order valence-electron chi connectivity index (χ1n) is 11.7. The van der Waals surface area contributed by atoms with Crippen LogP contribution in [0.1, 0.15) is 24.2 Å². The van der Waals surface area contributed by atoms with E-state index in [1.807, 2.05) is 48.5 Å². The van der Waals surface area contributed by atoms with Crippen molar-refractivity contribution in [3.05, 3.63) is 102 Å². The van der Waals surface area contributed by atoms with Crippen molar-refractivity contribution in [3.8, 4) is 11.5 Å². The van der Waals surface area contributed by atoms with Gasteiger partial charge < -0.3 is 14.8 Å². The zero-order chi connectivity index (χ0) is 25.3. The zero-order valence-corrected chi connectivity index (χ0v) is 21.2. The van der Waals surface area contributed by atoms with Gasteiger partial charge in [0.2, 0.25) is 0 Å². The van der Waals surface area contributed by atoms with Crippen molar-refractivity contribution >= 4 is 31.7 Å². The molecule has 0 radical (unpaired) electrons. The molecule has 0 amide bonds. The summed E-state index contributed by atoms with van der Waals surface area (Å²) < 4.78 is 39.9. The monoisotopic (exact) mass is 500 g/mol. The highest BCUT2D eigenvalue weighted by Crippen LogP contribution is 2.33. The minimum absolute atomic E-state index is 0.00588. The fraction of sp³-hybridized carbons (Fsp3) is 0.172. The molecule has 0 saturated carbocycles. The van der Waals surface area contributed by atoms with E-state index in [-0.39, 0.29) is 10.9 Å². The van der Waals surface area contributed by atoms with Crippen LogP contribution in [0.4, 0.5) is 0 Å². The van der Waals surface area contributed by atoms with Gasteiger partial charge in [-0.2, -0.15) is 0 Å². The number of rotatable bonds is 8. The summed E-state index contributed by atoms with van der Waals surface area (Å²) in [7, 11) is -0.907. The van der Waals surface area contributed by atoms with E-state index in [1.165, 1.54) is 40.6 Å². The molecule has 5 aromatic rings. The number of hydrogen-bond donors (Lipinski definition) is 1. The summed E-state index contributed by atoms with van der Waals surface area (Å²) in [6.07, 6.45) is 0. The van der Waals surface area contributed by atoms with Crippen LogP contribution in [-0.2, 0) is 16.6 Å². The van der Waals surface area contributed by atoms with Crippen LogP contribution >= 0.6 is 0 Å². The summed E-state index contributed by atoms with van der Waals surface area (Å²) in [5.74, 6) is 0.832. The Morgan fingerprint density at radius 2 is 1.50 bits per heavy atom. The maximum atomic E-state index is 13.9. The summed E-state index contributed by atoms with van der Waals surface area (Å²) >= 11 is 0. The van der Waals surface area contributed by atoms with Crippen LogP contribution in [0.2, 0.25) is 0 Å². The third-order valence-electron chi connectivity index (χ3n) is 6.51. The number of benzene rings is 4. The molecular formula is C29H28N2O4S. The number of aromatic nitrogens is 1. The Kier molecular flexibility index (Phi) is 6.43. The van der Waals surface area contributed by atoms with E-state index in [2.05, 4.69) is 36.5 Å². The van der Waals surface area contributed by atoms with Crippen LogP contribution in [0, 0.1) is 0 Å². The van der Waals surface area contributed by atoms with E-state index >= 15 is 0 Å². The van der Waals surface area contributed by atoms with Crippen molar-refractivity contribution in [3.63, 3.8) is 0 Å². The van der Waals surface area contributed by atoms with Gasteiger partial charge in [0.15, 0.2) is 11.5 Å². The van der Waals surface area contributed by atoms with Gasteiger partial charge in [-0.25, -0.2) is 12.4 Å². The lowest BCUT2D eigenvalue weighted by molar-refractivity contribution is 0.354. The second-order valence-corrected chi connectivity index (χ2v) is 10.4. The van der Waals surface area contributed by atoms with Crippen LogP contribution in [-0.4, -0.2) is 26.6 Å². The molecule has 1 heterocycles. The van der Waals surface area contributed by atoms with Crippen molar-refractivity contribution in [1.82, 2.24) is 9.29 Å². The van der Waals surface area contributed by atoms with Gasteiger partial charge in [0.25, 0.3) is 10.0 Å². The molecule has 7 heteroatoms. The van der Waals surface area contributed by atoms with E-state index in [9.17, 15) is 8.42 Å². The van der Waals surface area contributed by atoms with Gasteiger partial charge in [-0.15, -0.1) is 0 Å². The van der Waals surface area contributed by atoms with Gasteiger partial charge in [0, 0.05) is 29.7 Å². The summed E-state index contributed by atoms with van der Waals surface area (Å²) in [6, 6.07) is 28.6. The number of ether oxygens (including phenoxy) is 2. The highest BCUT2D eigenvalue weighted by atomic mass is 32.2. The highest BCUT2D eigenvalue weighted by Gasteiger charge is 2.25. The van der Waals surface area contributed by atoms with E-state index < -0.39 is 10.0 Å². The molecule has 0 aliphatic rings. The van der Waals surface area contributed by atoms with Crippen LogP contribution < -0.4 is 14.8 Å². The second-order valence-electron chi connectivity index (χ2n) is 8.65. The molecule has 184 valence electrons. The first-order valence-corrected chi connectivity index (χ1v) is 13.2. The molecule has 5 rings (SSSR count). The van der Waals surface area contributed by atoms with Gasteiger partial charge in [0.05, 0.1) is 24.6 Å². The average molecular weight is 501 g/mol. The highest BCUT2D eigenvalue weighted by molar-refractivity contribution is 7.90. The number of nitrogens with one attached hydrogen (secondary N) is 1. The van der Waals surface area contributed by atoms with Crippen molar-refractivity contribution in [1.29, 1.82) is 0 Å². The van der Waals surface area contributed by atoms with Gasteiger partial charge >= 0.3 is 0 Å². The SMILES string of the molecule is COc1ccc(S(=O)(=O)n2c(CN[C@@H](C)c3cccc4ccccc34)cc3ccccc32)cc1OC. The van der Waals surface area contributed by atoms with Gasteiger partial charge in [-0.3, -0.25) is 0 Å². The smallest absolute Gasteiger partial charge is 0.268 e. The molecule has 1 aromatic heterocycles. The van der Waals surface area contributed by atoms with Crippen molar-refractivity contribution < 1.29 is 17.9 Å². The maximum absolute atomic E-state index is 13.9. The van der Waals surface area contributed by atoms with Gasteiger partial charge in [-0.05, 0) is 47.5 Å². The minimum atomic E-state index is -3.92. The predicted molar refractivity (Wildman–Crippen MR) is 143 cm³/mol. The Balaban J connectivity index is 1.54. The third-order valence-corrected chi connectivity index (χ3v) is 8.27. The Labute approximate surface area is 211 Å². The zero-order valence-electron chi connectivity index (χ0n) is 20.4. The van der Waals surface area contributed by atoms with E-state index in [0.29, 0.717) is 29.3 Å². The van der Waals surface area contributed by atoms with E-state index in [4.69, 9.17) is 9.47 Å². The number of hydrogen-bond acceptors (Lipinski definition) is 5. The molecule has 0 spiro atoms. The molecule has 0 saturated heterocycles. The first-order chi connectivity index (χ1) is 17.4. The topological polar surface area (TPSA) is 69.6 Å². The van der Waals surface area contributed by atoms with Crippen LogP contribution in [0.5, 0.6) is 11.5 Å². The summed E-state index contributed by atoms with van der Waals surface area (Å²) in [4.78, 5) is 0.129. The Morgan fingerprint density at radius 3 is 2.28 bits per heavy atom. The van der Waals surface area contributed by atoms with Crippen LogP contribution in [0.15, 0.2) is 95.9 Å². The number of fused-ring (bicyclic) bond motifs is 2. The summed E-state index contributed by atoms with van der Waals surface area (Å²) in [5, 5.41) is 6.75. The Morgan fingerprint density at radius 1 is 0.806 bits per heavy atom. The Bertz CT molecular complexity index is 1650. The fourth-order valence-electron chi connectivity index (χ4n) is 4.67. The van der Waals surface area contributed by atoms with Crippen molar-refractivity contribution in [2.75, 3.05) is 14.2 Å². The number of para-hydroxylation sites is 1. The Hall–Kier alpha value is -3.81. The molecule has 36 heavy (non-hydrogen) atoms. The molecule has 1 N–H and O–H groups in total. The summed E-state index contributed by atoms with van der Waals surface area (Å²) in [5.41, 5.74) is 2.44. The molecule has 1 atom stereocenters. The second kappa shape index (κ2) is 9.68. The van der Waals surface area contributed by atoms with Crippen LogP contribution in [0.3, 0.4) is 0 Å². The molecule has 0 unspecified atom stereocenters. The largest absolute Gasteiger partial charge is 0.493 e. The van der Waals surface area contributed by atoms with Gasteiger partial charge in [0.1, 0.15) is 0 Å². The fourth-order valence-corrected chi connectivity index (χ4v) is 6.23. The average Bonchev–Trinajstić information content (AvgIpc) is 3.30. The minimum Gasteiger partial charge on any atom is -0.493 e. The number of nitrogens with zero attached hydrogens (tertiary/aromatic N) is 1. The molecule has 0 aliphatic heterocycles. The quantitative estimate of drug-likeness (QED) is 0.287. The third kappa shape index (κ3) is 4.21. The molecule has 6 nitrogen and oxygen atoms in total. The van der Waals surface area contributed by atoms with Crippen molar-refractivity contribution in [2.45, 2.75) is 24.4 Å². The maximum Gasteiger partial charge on any atom is 0.268 e. The number of methoxy groups -OCH3 is 2. The summed E-state index contributed by atoms with van der Waals surface area (Å²) in [6.45, 7) is 2.46. The van der Waals surface area contributed by atoms with Crippen molar-refractivity contribution in [2.24, 2.45) is 0 Å². The standard InChI is InChI=1S/C29H28N2O4S/c1-20(25-13-8-11-21-9-4-6-12-26(21)25)30-19-23-17-22-10-5-7-14-27(22)31(23)36(32,33)24-15-16-28(34-2)29(18-24)35-3/h4-18,20,30H,19H2,1-3H3/t20-/m0/s1. The molecule has 0 fully saturated rings. The molecule has 0 bridgehead atoms. The predicted octanol–water partition coefficient (Wildman–Crippen LogP) is 5.90. The van der Waals surface area contributed by atoms with Crippen LogP contribution in [0.25, 0.3) is 21.7 Å². The van der Waals surface area contributed by atoms with Gasteiger partial charge in [-0.1, -0.05) is 60.7 Å². The van der Waals surface area contributed by atoms with E-state index in [1.54, 1.807) is 12.1 Å². The lowest BCUT2D eigenvalue weighted by Crippen LogP contribution is -2.23. The first kappa shape index (κ1) is 23.9. The molecule has 0 aliphatic carbocycles.